The lowest BCUT2D eigenvalue weighted by molar-refractivity contribution is -0.131. The largest absolute Gasteiger partial charge is 0.475 e. The van der Waals surface area contributed by atoms with Crippen molar-refractivity contribution in [2.24, 2.45) is 5.92 Å². The highest BCUT2D eigenvalue weighted by Crippen LogP contribution is 2.29. The minimum absolute atomic E-state index is 0.0482. The number of amides is 2. The first-order valence-electron chi connectivity index (χ1n) is 17.9. The number of nitrogens with zero attached hydrogens (tertiary/aromatic N) is 7. The maximum absolute atomic E-state index is 12.6. The van der Waals surface area contributed by atoms with Crippen molar-refractivity contribution in [3.05, 3.63) is 78.8 Å². The Morgan fingerprint density at radius 1 is 1.06 bits per heavy atom. The molecule has 280 valence electrons. The number of benzene rings is 2. The van der Waals surface area contributed by atoms with Gasteiger partial charge in [0.1, 0.15) is 12.0 Å². The number of hydrogen-bond donors (Lipinski definition) is 4. The van der Waals surface area contributed by atoms with Gasteiger partial charge >= 0.3 is 0 Å². The molecule has 2 amide bonds. The number of aromatic nitrogens is 6. The average molecular weight is 724 g/mol. The van der Waals surface area contributed by atoms with Gasteiger partial charge in [-0.25, -0.2) is 9.97 Å². The Morgan fingerprint density at radius 3 is 2.47 bits per heavy atom. The topological polar surface area (TPSA) is 175 Å². The SMILES string of the molecule is CC(C)Oc1ccc(-c2n[nH]c3ccc(NC=O)cc23)cn1.CO.C[C@H]1CCN(CC(=O)N2CC=C(c3ccc(-c4ncn(CCO)n4)cc3)CC2)C1. The van der Waals surface area contributed by atoms with E-state index in [-0.39, 0.29) is 18.6 Å². The Labute approximate surface area is 309 Å². The molecule has 1 atom stereocenters. The second-order valence-electron chi connectivity index (χ2n) is 13.2. The molecule has 14 nitrogen and oxygen atoms in total. The third kappa shape index (κ3) is 10.3. The van der Waals surface area contributed by atoms with Crippen LogP contribution < -0.4 is 10.1 Å². The van der Waals surface area contributed by atoms with Crippen molar-refractivity contribution >= 4 is 34.5 Å². The number of aromatic amines is 1. The lowest BCUT2D eigenvalue weighted by Gasteiger charge is -2.28. The Kier molecular flexibility index (Phi) is 13.8. The van der Waals surface area contributed by atoms with E-state index in [0.717, 1.165) is 66.6 Å². The number of ether oxygens (including phenoxy) is 1. The lowest BCUT2D eigenvalue weighted by atomic mass is 9.98. The number of H-pyrrole nitrogens is 1. The number of likely N-dealkylation sites (tertiary alicyclic amines) is 1. The first-order chi connectivity index (χ1) is 25.8. The van der Waals surface area contributed by atoms with Gasteiger partial charge in [0.15, 0.2) is 5.82 Å². The van der Waals surface area contributed by atoms with Crippen molar-refractivity contribution in [1.29, 1.82) is 0 Å². The van der Waals surface area contributed by atoms with Crippen LogP contribution in [0.4, 0.5) is 5.69 Å². The van der Waals surface area contributed by atoms with E-state index in [1.54, 1.807) is 17.2 Å². The summed E-state index contributed by atoms with van der Waals surface area (Å²) in [4.78, 5) is 36.0. The summed E-state index contributed by atoms with van der Waals surface area (Å²) in [7, 11) is 1.00. The van der Waals surface area contributed by atoms with Gasteiger partial charge in [-0.1, -0.05) is 37.3 Å². The zero-order chi connectivity index (χ0) is 37.7. The van der Waals surface area contributed by atoms with Crippen LogP contribution in [0.1, 0.15) is 39.2 Å². The lowest BCUT2D eigenvalue weighted by Crippen LogP contribution is -2.41. The zero-order valence-corrected chi connectivity index (χ0v) is 30.8. The molecule has 0 saturated carbocycles. The summed E-state index contributed by atoms with van der Waals surface area (Å²) in [6.45, 7) is 10.8. The third-order valence-corrected chi connectivity index (χ3v) is 8.96. The van der Waals surface area contributed by atoms with Gasteiger partial charge in [-0.3, -0.25) is 24.3 Å². The van der Waals surface area contributed by atoms with Crippen molar-refractivity contribution in [2.45, 2.75) is 46.3 Å². The number of anilines is 1. The zero-order valence-electron chi connectivity index (χ0n) is 30.8. The summed E-state index contributed by atoms with van der Waals surface area (Å²) in [5.41, 5.74) is 6.71. The van der Waals surface area contributed by atoms with Crippen molar-refractivity contribution < 1.29 is 24.5 Å². The molecule has 3 aromatic heterocycles. The van der Waals surface area contributed by atoms with E-state index in [1.807, 2.05) is 61.2 Å². The minimum atomic E-state index is 0.0482. The Hall–Kier alpha value is -5.44. The summed E-state index contributed by atoms with van der Waals surface area (Å²) < 4.78 is 7.18. The van der Waals surface area contributed by atoms with Gasteiger partial charge in [-0.15, -0.1) is 0 Å². The van der Waals surface area contributed by atoms with Gasteiger partial charge in [0, 0.05) is 61.2 Å². The fourth-order valence-electron chi connectivity index (χ4n) is 6.31. The van der Waals surface area contributed by atoms with E-state index >= 15 is 0 Å². The predicted octanol–water partition coefficient (Wildman–Crippen LogP) is 4.48. The Bertz CT molecular complexity index is 1950. The summed E-state index contributed by atoms with van der Waals surface area (Å²) in [5, 5.41) is 31.2. The molecule has 53 heavy (non-hydrogen) atoms. The molecule has 0 spiro atoms. The van der Waals surface area contributed by atoms with E-state index in [9.17, 15) is 9.59 Å². The maximum atomic E-state index is 12.6. The van der Waals surface area contributed by atoms with Gasteiger partial charge in [-0.2, -0.15) is 10.2 Å². The van der Waals surface area contributed by atoms with Crippen LogP contribution in [0.25, 0.3) is 39.1 Å². The van der Waals surface area contributed by atoms with Crippen molar-refractivity contribution in [3.8, 4) is 28.5 Å². The van der Waals surface area contributed by atoms with Crippen LogP contribution in [0.2, 0.25) is 0 Å². The number of fused-ring (bicyclic) bond motifs is 1. The molecule has 2 aliphatic heterocycles. The van der Waals surface area contributed by atoms with Crippen LogP contribution >= 0.6 is 0 Å². The van der Waals surface area contributed by atoms with Gasteiger partial charge in [0.2, 0.25) is 18.2 Å². The van der Waals surface area contributed by atoms with Crippen LogP contribution in [0.15, 0.2) is 73.2 Å². The summed E-state index contributed by atoms with van der Waals surface area (Å²) >= 11 is 0. The third-order valence-electron chi connectivity index (χ3n) is 8.96. The van der Waals surface area contributed by atoms with E-state index < -0.39 is 0 Å². The standard InChI is InChI=1S/C22H29N5O2.C16H16N4O2.CH4O/c1-17-6-9-25(14-17)15-21(29)26-10-7-19(8-11-26)18-2-4-20(5-3-18)22-23-16-27(24-22)12-13-28;1-10(2)22-15-6-3-11(8-17-15)16-13-7-12(18-9-21)4-5-14(13)19-20-16;1-2/h2-5,7,16-17,28H,6,8-15H2,1H3;3-10H,1-2H3,(H,18,21)(H,19,20);2H,1H3/t17-;;/m0../s1. The predicted molar refractivity (Wildman–Crippen MR) is 205 cm³/mol. The quantitative estimate of drug-likeness (QED) is 0.142. The van der Waals surface area contributed by atoms with Crippen LogP contribution in [0.5, 0.6) is 5.88 Å². The molecule has 14 heteroatoms. The first-order valence-corrected chi connectivity index (χ1v) is 17.9. The first kappa shape index (κ1) is 38.8. The molecule has 5 heterocycles. The molecule has 0 bridgehead atoms. The number of aliphatic hydroxyl groups is 2. The Morgan fingerprint density at radius 2 is 1.83 bits per heavy atom. The van der Waals surface area contributed by atoms with Gasteiger partial charge in [-0.05, 0) is 74.6 Å². The number of carbonyl (C=O) groups is 2. The second kappa shape index (κ2) is 18.9. The van der Waals surface area contributed by atoms with E-state index in [4.69, 9.17) is 14.9 Å². The average Bonchev–Trinajstić information content (AvgIpc) is 3.93. The smallest absolute Gasteiger partial charge is 0.237 e. The fourth-order valence-corrected chi connectivity index (χ4v) is 6.31. The molecule has 1 fully saturated rings. The molecular formula is C39H49N9O5. The van der Waals surface area contributed by atoms with Crippen LogP contribution in [-0.2, 0) is 16.1 Å². The molecule has 2 aliphatic rings. The molecule has 0 aliphatic carbocycles. The maximum Gasteiger partial charge on any atom is 0.237 e. The molecule has 1 saturated heterocycles. The van der Waals surface area contributed by atoms with Crippen molar-refractivity contribution in [1.82, 2.24) is 39.7 Å². The van der Waals surface area contributed by atoms with Crippen molar-refractivity contribution in [2.75, 3.05) is 51.8 Å². The highest BCUT2D eigenvalue weighted by molar-refractivity contribution is 5.95. The van der Waals surface area contributed by atoms with E-state index in [0.29, 0.717) is 43.7 Å². The molecule has 0 radical (unpaired) electrons. The van der Waals surface area contributed by atoms with Crippen LogP contribution in [0.3, 0.4) is 0 Å². The van der Waals surface area contributed by atoms with Gasteiger partial charge in [0.05, 0.1) is 31.3 Å². The fraction of sp³-hybridized carbons (Fsp3) is 0.385. The molecule has 2 aromatic carbocycles. The summed E-state index contributed by atoms with van der Waals surface area (Å²) in [5.74, 6) is 2.20. The number of rotatable bonds is 11. The number of hydrogen-bond acceptors (Lipinski definition) is 10. The molecule has 5 aromatic rings. The molecule has 0 unspecified atom stereocenters. The van der Waals surface area contributed by atoms with E-state index in [1.165, 1.54) is 17.6 Å². The molecule has 4 N–H and O–H groups in total. The monoisotopic (exact) mass is 723 g/mol. The second-order valence-corrected chi connectivity index (χ2v) is 13.2. The molecule has 7 rings (SSSR count). The molecular weight excluding hydrogens is 674 g/mol. The van der Waals surface area contributed by atoms with Crippen molar-refractivity contribution in [3.63, 3.8) is 0 Å². The summed E-state index contributed by atoms with van der Waals surface area (Å²) in [6, 6.07) is 17.6. The minimum Gasteiger partial charge on any atom is -0.475 e. The highest BCUT2D eigenvalue weighted by atomic mass is 16.5. The highest BCUT2D eigenvalue weighted by Gasteiger charge is 2.24. The van der Waals surface area contributed by atoms with Crippen LogP contribution in [-0.4, -0.2) is 115 Å². The van der Waals surface area contributed by atoms with Gasteiger partial charge < -0.3 is 25.2 Å². The summed E-state index contributed by atoms with van der Waals surface area (Å²) in [6.07, 6.45) is 8.36. The Balaban J connectivity index is 0.000000202. The number of carbonyl (C=O) groups excluding carboxylic acids is 2. The normalized spacial score (nSPS) is 15.6. The number of aliphatic hydroxyl groups excluding tert-OH is 2. The number of nitrogens with one attached hydrogen (secondary N) is 2. The number of pyridine rings is 1. The van der Waals surface area contributed by atoms with Gasteiger partial charge in [0.25, 0.3) is 0 Å². The van der Waals surface area contributed by atoms with Crippen LogP contribution in [0, 0.1) is 5.92 Å². The van der Waals surface area contributed by atoms with E-state index in [2.05, 4.69) is 60.6 Å².